The van der Waals surface area contributed by atoms with Crippen LogP contribution in [0.25, 0.3) is 58.7 Å². The van der Waals surface area contributed by atoms with Crippen LogP contribution in [0.4, 0.5) is 22.7 Å². The van der Waals surface area contributed by atoms with E-state index in [-0.39, 0.29) is 21.1 Å². The average molecular weight is 896 g/mol. The summed E-state index contributed by atoms with van der Waals surface area (Å²) in [6.07, 6.45) is 1.86. The maximum absolute atomic E-state index is 6.91. The fraction of sp³-hybridized carbons (Fsp3) is 0.0652. The number of nitrogens with zero attached hydrogens (tertiary/aromatic N) is 5. The van der Waals surface area contributed by atoms with Gasteiger partial charge in [0.1, 0.15) is 5.65 Å². The van der Waals surface area contributed by atoms with E-state index in [2.05, 4.69) is 139 Å². The number of fused-ring (bicyclic) bond motifs is 13. The van der Waals surface area contributed by atoms with Crippen molar-refractivity contribution in [2.24, 2.45) is 0 Å². The van der Waals surface area contributed by atoms with E-state index >= 15 is 0 Å². The number of rotatable bonds is 4. The molecule has 11 rings (SSSR count). The van der Waals surface area contributed by atoms with Crippen molar-refractivity contribution in [2.45, 2.75) is 20.8 Å². The molecule has 0 fully saturated rings. The Morgan fingerprint density at radius 1 is 0.704 bits per heavy atom. The van der Waals surface area contributed by atoms with Crippen molar-refractivity contribution in [2.75, 3.05) is 9.80 Å². The first-order valence-corrected chi connectivity index (χ1v) is 18.5. The van der Waals surface area contributed by atoms with Gasteiger partial charge in [-0.15, -0.1) is 30.6 Å². The van der Waals surface area contributed by atoms with E-state index < -0.39 is 0 Å². The molecule has 0 amide bonds. The number of thiophene rings is 1. The summed E-state index contributed by atoms with van der Waals surface area (Å²) in [6, 6.07) is 47.4. The molecule has 6 nitrogen and oxygen atoms in total. The zero-order valence-electron chi connectivity index (χ0n) is 29.5. The van der Waals surface area contributed by atoms with Crippen molar-refractivity contribution in [3.63, 3.8) is 0 Å². The van der Waals surface area contributed by atoms with Crippen LogP contribution in [0, 0.1) is 39.6 Å². The molecule has 1 aliphatic rings. The molecule has 0 saturated heterocycles. The number of pyridine rings is 2. The Bertz CT molecular complexity index is 3130. The van der Waals surface area contributed by atoms with Gasteiger partial charge in [-0.2, -0.15) is 17.4 Å². The second-order valence-electron chi connectivity index (χ2n) is 13.7. The Labute approximate surface area is 330 Å². The number of anilines is 4. The first-order valence-electron chi connectivity index (χ1n) is 17.7. The van der Waals surface area contributed by atoms with E-state index in [0.717, 1.165) is 65.6 Å². The van der Waals surface area contributed by atoms with Gasteiger partial charge < -0.3 is 18.9 Å². The molecule has 6 aromatic carbocycles. The molecule has 0 saturated carbocycles. The summed E-state index contributed by atoms with van der Waals surface area (Å²) in [6.45, 7) is 8.68. The minimum atomic E-state index is 0. The van der Waals surface area contributed by atoms with Crippen molar-refractivity contribution < 1.29 is 25.8 Å². The molecule has 0 radical (unpaired) electrons. The number of hydrogen-bond acceptors (Lipinski definition) is 6. The monoisotopic (exact) mass is 895 g/mol. The van der Waals surface area contributed by atoms with Crippen molar-refractivity contribution >= 4 is 92.7 Å². The van der Waals surface area contributed by atoms with Gasteiger partial charge >= 0.3 is 0 Å². The Morgan fingerprint density at radius 3 is 2.30 bits per heavy atom. The second kappa shape index (κ2) is 12.4. The van der Waals surface area contributed by atoms with Crippen LogP contribution in [0.3, 0.4) is 0 Å². The number of ether oxygens (including phenoxy) is 1. The van der Waals surface area contributed by atoms with Gasteiger partial charge in [-0.1, -0.05) is 88.5 Å². The van der Waals surface area contributed by atoms with Gasteiger partial charge in [0.25, 0.3) is 0 Å². The minimum Gasteiger partial charge on any atom is -0.501 e. The summed E-state index contributed by atoms with van der Waals surface area (Å²) in [5, 5.41) is 5.32. The molecular formula is C46H30N5OPtS-3. The fourth-order valence-corrected chi connectivity index (χ4v) is 9.42. The predicted octanol–water partition coefficient (Wildman–Crippen LogP) is 12.3. The average Bonchev–Trinajstić information content (AvgIpc) is 3.87. The number of para-hydroxylation sites is 4. The number of aromatic nitrogens is 3. The van der Waals surface area contributed by atoms with Gasteiger partial charge in [0.05, 0.1) is 22.4 Å². The molecule has 0 bridgehead atoms. The van der Waals surface area contributed by atoms with Crippen LogP contribution in [0.2, 0.25) is 0 Å². The van der Waals surface area contributed by atoms with Crippen LogP contribution in [0.1, 0.15) is 16.7 Å². The summed E-state index contributed by atoms with van der Waals surface area (Å²) in [4.78, 5) is 14.6. The molecule has 0 spiro atoms. The number of benzene rings is 6. The first kappa shape index (κ1) is 32.9. The first-order chi connectivity index (χ1) is 26.0. The van der Waals surface area contributed by atoms with E-state index in [1.807, 2.05) is 36.5 Å². The molecule has 54 heavy (non-hydrogen) atoms. The molecular weight excluding hydrogens is 866 g/mol. The van der Waals surface area contributed by atoms with Crippen molar-refractivity contribution in [3.8, 4) is 11.5 Å². The predicted molar refractivity (Wildman–Crippen MR) is 218 cm³/mol. The van der Waals surface area contributed by atoms with Gasteiger partial charge in [0.15, 0.2) is 0 Å². The molecule has 264 valence electrons. The maximum atomic E-state index is 6.91. The third-order valence-corrected chi connectivity index (χ3v) is 11.5. The topological polar surface area (TPSA) is 45.9 Å². The summed E-state index contributed by atoms with van der Waals surface area (Å²) in [7, 11) is 0. The number of hydrogen-bond donors (Lipinski definition) is 0. The van der Waals surface area contributed by atoms with Gasteiger partial charge in [0, 0.05) is 54.8 Å². The Morgan fingerprint density at radius 2 is 1.44 bits per heavy atom. The SMILES string of the molecule is Cc1cc(C)c(N2[CH-]N(c3[c-]c(Oc4[c-]c5c(c6cccnc6n6c7ccccc7nc56)c5c4sc4ccccc45)ccc3)c3ccccc32)c(C)c1.[Pt]. The van der Waals surface area contributed by atoms with Crippen LogP contribution in [0.15, 0.2) is 121 Å². The van der Waals surface area contributed by atoms with E-state index in [1.165, 1.54) is 32.5 Å². The largest absolute Gasteiger partial charge is 0.501 e. The summed E-state index contributed by atoms with van der Waals surface area (Å²) in [5.41, 5.74) is 11.6. The summed E-state index contributed by atoms with van der Waals surface area (Å²) in [5.74, 6) is 1.26. The zero-order valence-corrected chi connectivity index (χ0v) is 32.6. The Hall–Kier alpha value is -5.75. The van der Waals surface area contributed by atoms with E-state index in [1.54, 1.807) is 11.3 Å². The zero-order chi connectivity index (χ0) is 35.4. The molecule has 0 unspecified atom stereocenters. The minimum absolute atomic E-state index is 0. The van der Waals surface area contributed by atoms with Crippen LogP contribution in [0.5, 0.6) is 11.5 Å². The number of imidazole rings is 1. The Kier molecular flexibility index (Phi) is 7.55. The van der Waals surface area contributed by atoms with Gasteiger partial charge in [-0.05, 0) is 83.8 Å². The molecule has 5 heterocycles. The van der Waals surface area contributed by atoms with Crippen molar-refractivity contribution in [3.05, 3.63) is 157 Å². The molecule has 10 aromatic rings. The van der Waals surface area contributed by atoms with Crippen LogP contribution >= 0.6 is 11.3 Å². The van der Waals surface area contributed by atoms with Crippen molar-refractivity contribution in [1.82, 2.24) is 14.4 Å². The molecule has 0 aliphatic carbocycles. The third-order valence-electron chi connectivity index (χ3n) is 10.3. The third kappa shape index (κ3) is 4.81. The van der Waals surface area contributed by atoms with Crippen LogP contribution in [-0.4, -0.2) is 14.4 Å². The molecule has 0 atom stereocenters. The van der Waals surface area contributed by atoms with Crippen LogP contribution in [-0.2, 0) is 21.1 Å². The van der Waals surface area contributed by atoms with Gasteiger partial charge in [-0.25, -0.2) is 4.98 Å². The molecule has 0 N–H and O–H groups in total. The maximum Gasteiger partial charge on any atom is 0.128 e. The van der Waals surface area contributed by atoms with E-state index in [0.29, 0.717) is 11.5 Å². The second-order valence-corrected chi connectivity index (χ2v) is 14.8. The van der Waals surface area contributed by atoms with Gasteiger partial charge in [0.2, 0.25) is 0 Å². The molecule has 8 heteroatoms. The van der Waals surface area contributed by atoms with E-state index in [4.69, 9.17) is 14.7 Å². The molecule has 1 aliphatic heterocycles. The van der Waals surface area contributed by atoms with Crippen LogP contribution < -0.4 is 14.5 Å². The standard InChI is InChI=1S/C46H30N5OS.Pt/c1-27-22-28(2)43(29(3)23-27)50-26-49(37-18-7-8-19-38(37)50)30-12-10-13-31(24-30)52-39-25-34-41(42-32-14-4-9-20-40(32)53-44(39)42)33-15-11-21-47-45(33)51-36-17-6-5-16-35(36)48-46(34)51;/h4-23,26H,1-3H3;/q-3;. The van der Waals surface area contributed by atoms with Crippen molar-refractivity contribution in [1.29, 1.82) is 0 Å². The fourth-order valence-electron chi connectivity index (χ4n) is 8.28. The Balaban J connectivity index is 0.00000361. The normalized spacial score (nSPS) is 12.8. The summed E-state index contributed by atoms with van der Waals surface area (Å²) >= 11 is 1.72. The summed E-state index contributed by atoms with van der Waals surface area (Å²) < 4.78 is 11.3. The molecule has 4 aromatic heterocycles. The van der Waals surface area contributed by atoms with Gasteiger partial charge in [-0.3, -0.25) is 4.98 Å². The smallest absolute Gasteiger partial charge is 0.128 e. The van der Waals surface area contributed by atoms with E-state index in [9.17, 15) is 0 Å². The quantitative estimate of drug-likeness (QED) is 0.130. The number of aryl methyl sites for hydroxylation is 3.